The van der Waals surface area contributed by atoms with E-state index in [9.17, 15) is 9.18 Å². The van der Waals surface area contributed by atoms with E-state index in [-0.39, 0.29) is 5.82 Å². The molecule has 26 heavy (non-hydrogen) atoms. The fourth-order valence-electron chi connectivity index (χ4n) is 2.56. The molecule has 4 rings (SSSR count). The van der Waals surface area contributed by atoms with Crippen LogP contribution in [0.3, 0.4) is 0 Å². The van der Waals surface area contributed by atoms with Gasteiger partial charge in [-0.05, 0) is 17.7 Å². The van der Waals surface area contributed by atoms with E-state index in [1.54, 1.807) is 18.3 Å². The molecule has 128 valence electrons. The summed E-state index contributed by atoms with van der Waals surface area (Å²) in [5, 5.41) is 4.76. The van der Waals surface area contributed by atoms with Crippen molar-refractivity contribution in [2.45, 2.75) is 5.16 Å². The van der Waals surface area contributed by atoms with E-state index in [1.807, 2.05) is 0 Å². The van der Waals surface area contributed by atoms with Gasteiger partial charge in [0.1, 0.15) is 11.5 Å². The third-order valence-electron chi connectivity index (χ3n) is 3.65. The normalized spacial score (nSPS) is 10.9. The van der Waals surface area contributed by atoms with E-state index < -0.39 is 5.69 Å². The molecule has 0 aliphatic carbocycles. The van der Waals surface area contributed by atoms with E-state index in [4.69, 9.17) is 6.42 Å². The van der Waals surface area contributed by atoms with Gasteiger partial charge < -0.3 is 4.98 Å². The highest BCUT2D eigenvalue weighted by atomic mass is 32.2. The Hall–Kier alpha value is -3.38. The quantitative estimate of drug-likeness (QED) is 0.427. The highest BCUT2D eigenvalue weighted by Gasteiger charge is 2.21. The van der Waals surface area contributed by atoms with Gasteiger partial charge in [0, 0.05) is 0 Å². The average molecular weight is 366 g/mol. The minimum Gasteiger partial charge on any atom is -0.343 e. The number of aromatic nitrogens is 6. The second kappa shape index (κ2) is 6.50. The van der Waals surface area contributed by atoms with E-state index in [1.165, 1.54) is 34.7 Å². The van der Waals surface area contributed by atoms with Crippen molar-refractivity contribution in [3.63, 3.8) is 0 Å². The minimum absolute atomic E-state index is 0.351. The molecular weight excluding hydrogens is 355 g/mol. The van der Waals surface area contributed by atoms with Crippen LogP contribution in [0.25, 0.3) is 28.2 Å². The van der Waals surface area contributed by atoms with E-state index in [0.29, 0.717) is 39.1 Å². The zero-order chi connectivity index (χ0) is 18.1. The summed E-state index contributed by atoms with van der Waals surface area (Å²) in [5.74, 6) is 2.50. The number of hydrogen-bond acceptors (Lipinski definition) is 5. The lowest BCUT2D eigenvalue weighted by Gasteiger charge is -2.03. The summed E-state index contributed by atoms with van der Waals surface area (Å²) in [5.41, 5.74) is 2.30. The first-order valence-corrected chi connectivity index (χ1v) is 8.50. The fourth-order valence-corrected chi connectivity index (χ4v) is 3.09. The van der Waals surface area contributed by atoms with Crippen LogP contribution in [0.1, 0.15) is 0 Å². The van der Waals surface area contributed by atoms with Gasteiger partial charge in [-0.1, -0.05) is 29.8 Å². The van der Waals surface area contributed by atoms with Crippen LogP contribution in [0.5, 0.6) is 0 Å². The van der Waals surface area contributed by atoms with Crippen LogP contribution in [0, 0.1) is 18.2 Å². The van der Waals surface area contributed by atoms with Gasteiger partial charge in [-0.15, -0.1) is 6.42 Å². The predicted octanol–water partition coefficient (Wildman–Crippen LogP) is 2.34. The summed E-state index contributed by atoms with van der Waals surface area (Å²) >= 11 is 1.24. The molecule has 0 aliphatic rings. The number of H-pyrrole nitrogens is 2. The molecule has 7 nitrogen and oxygen atoms in total. The van der Waals surface area contributed by atoms with Gasteiger partial charge in [-0.2, -0.15) is 9.61 Å². The Bertz CT molecular complexity index is 1170. The van der Waals surface area contributed by atoms with Gasteiger partial charge >= 0.3 is 5.69 Å². The second-order valence-electron chi connectivity index (χ2n) is 5.27. The largest absolute Gasteiger partial charge is 0.350 e. The molecule has 0 saturated carbocycles. The predicted molar refractivity (Wildman–Crippen MR) is 96.1 cm³/mol. The lowest BCUT2D eigenvalue weighted by molar-refractivity contribution is 0.628. The number of thioether (sulfide) groups is 1. The number of nitrogens with zero attached hydrogens (tertiary/aromatic N) is 4. The number of terminal acetylenes is 1. The van der Waals surface area contributed by atoms with Crippen LogP contribution < -0.4 is 5.69 Å². The Morgan fingerprint density at radius 1 is 1.31 bits per heavy atom. The Balaban J connectivity index is 2.02. The fraction of sp³-hybridized carbons (Fsp3) is 0.0588. The Kier molecular flexibility index (Phi) is 4.02. The van der Waals surface area contributed by atoms with Crippen LogP contribution in [-0.2, 0) is 0 Å². The third-order valence-corrected chi connectivity index (χ3v) is 4.43. The third kappa shape index (κ3) is 2.76. The van der Waals surface area contributed by atoms with Crippen molar-refractivity contribution in [3.8, 4) is 34.9 Å². The van der Waals surface area contributed by atoms with Crippen LogP contribution >= 0.6 is 11.8 Å². The van der Waals surface area contributed by atoms with Crippen LogP contribution in [0.15, 0.2) is 46.7 Å². The van der Waals surface area contributed by atoms with E-state index >= 15 is 0 Å². The van der Waals surface area contributed by atoms with Crippen molar-refractivity contribution in [2.75, 3.05) is 5.75 Å². The minimum atomic E-state index is -0.441. The molecule has 4 aromatic rings. The summed E-state index contributed by atoms with van der Waals surface area (Å²) in [6.45, 7) is 0. The van der Waals surface area contributed by atoms with Gasteiger partial charge in [0.15, 0.2) is 10.8 Å². The highest BCUT2D eigenvalue weighted by molar-refractivity contribution is 7.99. The molecule has 9 heteroatoms. The van der Waals surface area contributed by atoms with Crippen LogP contribution in [0.4, 0.5) is 4.39 Å². The maximum Gasteiger partial charge on any atom is 0.350 e. The van der Waals surface area contributed by atoms with Crippen LogP contribution in [-0.4, -0.2) is 35.3 Å². The SMILES string of the molecule is C#CCSc1nc2c(-c3ccc(F)cc3)c(-c3cnc[nH]3)nn2c(=O)[nH]1. The summed E-state index contributed by atoms with van der Waals surface area (Å²) in [6.07, 6.45) is 8.38. The van der Waals surface area contributed by atoms with Gasteiger partial charge in [0.05, 0.1) is 29.5 Å². The van der Waals surface area contributed by atoms with Crippen molar-refractivity contribution in [1.29, 1.82) is 0 Å². The van der Waals surface area contributed by atoms with Gasteiger partial charge in [-0.3, -0.25) is 4.98 Å². The number of rotatable bonds is 4. The molecule has 0 radical (unpaired) electrons. The van der Waals surface area contributed by atoms with Crippen molar-refractivity contribution < 1.29 is 4.39 Å². The monoisotopic (exact) mass is 366 g/mol. The highest BCUT2D eigenvalue weighted by Crippen LogP contribution is 2.33. The lowest BCUT2D eigenvalue weighted by Crippen LogP contribution is -2.19. The molecule has 0 unspecified atom stereocenters. The number of nitrogens with one attached hydrogen (secondary N) is 2. The number of aromatic amines is 2. The first kappa shape index (κ1) is 16.1. The second-order valence-corrected chi connectivity index (χ2v) is 6.24. The van der Waals surface area contributed by atoms with Crippen molar-refractivity contribution in [3.05, 3.63) is 53.1 Å². The topological polar surface area (TPSA) is 91.7 Å². The molecule has 0 saturated heterocycles. The van der Waals surface area contributed by atoms with E-state index in [2.05, 4.69) is 31.0 Å². The zero-order valence-electron chi connectivity index (χ0n) is 13.2. The molecule has 3 heterocycles. The number of fused-ring (bicyclic) bond motifs is 1. The average Bonchev–Trinajstić information content (AvgIpc) is 3.28. The lowest BCUT2D eigenvalue weighted by atomic mass is 10.0. The summed E-state index contributed by atoms with van der Waals surface area (Å²) in [6, 6.07) is 5.92. The molecule has 1 aromatic carbocycles. The van der Waals surface area contributed by atoms with Crippen molar-refractivity contribution in [1.82, 2.24) is 29.5 Å². The molecule has 0 spiro atoms. The Morgan fingerprint density at radius 2 is 2.12 bits per heavy atom. The number of imidazole rings is 1. The van der Waals surface area contributed by atoms with Crippen molar-refractivity contribution >= 4 is 17.4 Å². The molecule has 0 fully saturated rings. The van der Waals surface area contributed by atoms with Crippen molar-refractivity contribution in [2.24, 2.45) is 0 Å². The molecule has 0 amide bonds. The standard InChI is InChI=1S/C17H11FN6OS/c1-2-7-26-16-21-15-13(10-3-5-11(18)6-4-10)14(12-8-19-9-20-12)23-24(15)17(25)22-16/h1,3-6,8-9H,7H2,(H,19,20)(H,21,22,25). The molecule has 3 aromatic heterocycles. The Morgan fingerprint density at radius 3 is 2.81 bits per heavy atom. The molecular formula is C17H11FN6OS. The summed E-state index contributed by atoms with van der Waals surface area (Å²) < 4.78 is 14.5. The van der Waals surface area contributed by atoms with Gasteiger partial charge in [0.2, 0.25) is 0 Å². The smallest absolute Gasteiger partial charge is 0.343 e. The maximum atomic E-state index is 13.4. The number of benzene rings is 1. The maximum absolute atomic E-state index is 13.4. The zero-order valence-corrected chi connectivity index (χ0v) is 14.0. The Labute approximate surface area is 150 Å². The first-order chi connectivity index (χ1) is 12.7. The number of halogens is 1. The number of hydrogen-bond donors (Lipinski definition) is 2. The summed E-state index contributed by atoms with van der Waals surface area (Å²) in [4.78, 5) is 26.5. The van der Waals surface area contributed by atoms with Gasteiger partial charge in [0.25, 0.3) is 0 Å². The molecule has 0 atom stereocenters. The molecule has 0 aliphatic heterocycles. The van der Waals surface area contributed by atoms with Gasteiger partial charge in [-0.25, -0.2) is 19.2 Å². The first-order valence-electron chi connectivity index (χ1n) is 7.51. The summed E-state index contributed by atoms with van der Waals surface area (Å²) in [7, 11) is 0. The molecule has 0 bridgehead atoms. The molecule has 2 N–H and O–H groups in total. The van der Waals surface area contributed by atoms with Crippen LogP contribution in [0.2, 0.25) is 0 Å². The van der Waals surface area contributed by atoms with E-state index in [0.717, 1.165) is 0 Å².